The standard InChI is InChI=1S/C18H27N3O2S2/c1-5-7-9-19-14(22)11-24-18-20-16-15(12(3)13(4)25-16)17(23)21(18)10-8-6-2/h5-11H2,1-4H3,(H,19,22). The Labute approximate surface area is 157 Å². The van der Waals surface area contributed by atoms with E-state index in [1.165, 1.54) is 11.8 Å². The van der Waals surface area contributed by atoms with E-state index >= 15 is 0 Å². The molecule has 2 aromatic heterocycles. The lowest BCUT2D eigenvalue weighted by atomic mass is 10.2. The molecule has 0 aromatic carbocycles. The SMILES string of the molecule is CCCCNC(=O)CSc1nc2sc(C)c(C)c2c(=O)n1CCCC. The van der Waals surface area contributed by atoms with Crippen molar-refractivity contribution in [1.29, 1.82) is 0 Å². The third-order valence-corrected chi connectivity index (χ3v) is 6.25. The van der Waals surface area contributed by atoms with E-state index in [0.29, 0.717) is 18.2 Å². The highest BCUT2D eigenvalue weighted by Gasteiger charge is 2.17. The third-order valence-electron chi connectivity index (χ3n) is 4.17. The monoisotopic (exact) mass is 381 g/mol. The number of fused-ring (bicyclic) bond motifs is 1. The Balaban J connectivity index is 2.27. The summed E-state index contributed by atoms with van der Waals surface area (Å²) in [6.07, 6.45) is 3.97. The van der Waals surface area contributed by atoms with Crippen molar-refractivity contribution in [2.75, 3.05) is 12.3 Å². The van der Waals surface area contributed by atoms with Gasteiger partial charge in [0, 0.05) is 18.0 Å². The fourth-order valence-electron chi connectivity index (χ4n) is 2.52. The molecule has 138 valence electrons. The van der Waals surface area contributed by atoms with Crippen molar-refractivity contribution in [1.82, 2.24) is 14.9 Å². The first-order valence-electron chi connectivity index (χ1n) is 8.89. The van der Waals surface area contributed by atoms with Gasteiger partial charge in [-0.25, -0.2) is 4.98 Å². The van der Waals surface area contributed by atoms with E-state index in [1.54, 1.807) is 15.9 Å². The summed E-state index contributed by atoms with van der Waals surface area (Å²) in [5.74, 6) is 0.283. The molecule has 7 heteroatoms. The molecular weight excluding hydrogens is 354 g/mol. The highest BCUT2D eigenvalue weighted by Crippen LogP contribution is 2.28. The van der Waals surface area contributed by atoms with Crippen LogP contribution < -0.4 is 10.9 Å². The first-order valence-corrected chi connectivity index (χ1v) is 10.7. The fraction of sp³-hybridized carbons (Fsp3) is 0.611. The molecule has 2 aromatic rings. The summed E-state index contributed by atoms with van der Waals surface area (Å²) >= 11 is 2.91. The van der Waals surface area contributed by atoms with Gasteiger partial charge in [-0.3, -0.25) is 14.2 Å². The number of hydrogen-bond acceptors (Lipinski definition) is 5. The van der Waals surface area contributed by atoms with Crippen molar-refractivity contribution in [3.05, 3.63) is 20.8 Å². The molecule has 0 aliphatic rings. The van der Waals surface area contributed by atoms with E-state index in [9.17, 15) is 9.59 Å². The van der Waals surface area contributed by atoms with Crippen LogP contribution in [0.5, 0.6) is 0 Å². The highest BCUT2D eigenvalue weighted by atomic mass is 32.2. The summed E-state index contributed by atoms with van der Waals surface area (Å²) in [4.78, 5) is 31.5. The number of aromatic nitrogens is 2. The van der Waals surface area contributed by atoms with E-state index in [1.807, 2.05) is 13.8 Å². The number of thioether (sulfide) groups is 1. The Hall–Kier alpha value is -1.34. The first kappa shape index (κ1) is 20.0. The van der Waals surface area contributed by atoms with Crippen LogP contribution in [0.3, 0.4) is 0 Å². The van der Waals surface area contributed by atoms with Crippen LogP contribution in [0.15, 0.2) is 9.95 Å². The molecule has 0 spiro atoms. The van der Waals surface area contributed by atoms with Crippen LogP contribution in [0.1, 0.15) is 50.0 Å². The van der Waals surface area contributed by atoms with E-state index in [4.69, 9.17) is 4.98 Å². The van der Waals surface area contributed by atoms with Gasteiger partial charge in [0.05, 0.1) is 11.1 Å². The topological polar surface area (TPSA) is 64.0 Å². The second-order valence-corrected chi connectivity index (χ2v) is 8.31. The number of rotatable bonds is 9. The maximum atomic E-state index is 13.0. The maximum Gasteiger partial charge on any atom is 0.263 e. The number of unbranched alkanes of at least 4 members (excludes halogenated alkanes) is 2. The Bertz CT molecular complexity index is 796. The van der Waals surface area contributed by atoms with Crippen LogP contribution in [0.4, 0.5) is 0 Å². The molecular formula is C18H27N3O2S2. The zero-order chi connectivity index (χ0) is 18.4. The van der Waals surface area contributed by atoms with Crippen LogP contribution in [-0.4, -0.2) is 27.8 Å². The molecule has 5 nitrogen and oxygen atoms in total. The highest BCUT2D eigenvalue weighted by molar-refractivity contribution is 7.99. The zero-order valence-electron chi connectivity index (χ0n) is 15.5. The first-order chi connectivity index (χ1) is 12.0. The van der Waals surface area contributed by atoms with Gasteiger partial charge in [0.25, 0.3) is 5.56 Å². The third kappa shape index (κ3) is 4.85. The van der Waals surface area contributed by atoms with Crippen LogP contribution >= 0.6 is 23.1 Å². The lowest BCUT2D eigenvalue weighted by molar-refractivity contribution is -0.118. The van der Waals surface area contributed by atoms with Gasteiger partial charge in [-0.2, -0.15) is 0 Å². The number of nitrogens with one attached hydrogen (secondary N) is 1. The minimum atomic E-state index is -0.00613. The Kier molecular flexibility index (Phi) is 7.50. The number of nitrogens with zero attached hydrogens (tertiary/aromatic N) is 2. The molecule has 0 unspecified atom stereocenters. The van der Waals surface area contributed by atoms with Crippen molar-refractivity contribution >= 4 is 39.2 Å². The van der Waals surface area contributed by atoms with Gasteiger partial charge >= 0.3 is 0 Å². The summed E-state index contributed by atoms with van der Waals surface area (Å²) in [5.41, 5.74) is 1.05. The molecule has 0 saturated carbocycles. The minimum Gasteiger partial charge on any atom is -0.355 e. The number of amides is 1. The molecule has 0 atom stereocenters. The van der Waals surface area contributed by atoms with Gasteiger partial charge in [0.15, 0.2) is 5.16 Å². The van der Waals surface area contributed by atoms with Gasteiger partial charge in [-0.1, -0.05) is 38.5 Å². The van der Waals surface area contributed by atoms with Crippen molar-refractivity contribution in [2.24, 2.45) is 0 Å². The van der Waals surface area contributed by atoms with Crippen molar-refractivity contribution < 1.29 is 4.79 Å². The summed E-state index contributed by atoms with van der Waals surface area (Å²) in [6.45, 7) is 9.55. The van der Waals surface area contributed by atoms with Gasteiger partial charge in [0.1, 0.15) is 4.83 Å². The summed E-state index contributed by atoms with van der Waals surface area (Å²) < 4.78 is 1.75. The van der Waals surface area contributed by atoms with Crippen LogP contribution in [0.25, 0.3) is 10.2 Å². The van der Waals surface area contributed by atoms with Gasteiger partial charge in [-0.05, 0) is 32.3 Å². The number of carbonyl (C=O) groups is 1. The molecule has 0 saturated heterocycles. The molecule has 25 heavy (non-hydrogen) atoms. The summed E-state index contributed by atoms with van der Waals surface area (Å²) in [6, 6.07) is 0. The van der Waals surface area contributed by atoms with Crippen LogP contribution in [0, 0.1) is 13.8 Å². The second-order valence-electron chi connectivity index (χ2n) is 6.16. The molecule has 1 amide bonds. The van der Waals surface area contributed by atoms with E-state index < -0.39 is 0 Å². The predicted molar refractivity (Wildman–Crippen MR) is 107 cm³/mol. The number of hydrogen-bond donors (Lipinski definition) is 1. The molecule has 0 aliphatic carbocycles. The zero-order valence-corrected chi connectivity index (χ0v) is 17.1. The van der Waals surface area contributed by atoms with Crippen molar-refractivity contribution in [3.63, 3.8) is 0 Å². The van der Waals surface area contributed by atoms with Gasteiger partial charge in [-0.15, -0.1) is 11.3 Å². The summed E-state index contributed by atoms with van der Waals surface area (Å²) in [5, 5.41) is 4.29. The largest absolute Gasteiger partial charge is 0.355 e. The average Bonchev–Trinajstić information content (AvgIpc) is 2.87. The number of aryl methyl sites for hydroxylation is 2. The second kappa shape index (κ2) is 9.38. The smallest absolute Gasteiger partial charge is 0.263 e. The van der Waals surface area contributed by atoms with Gasteiger partial charge < -0.3 is 5.32 Å². The molecule has 2 heterocycles. The normalized spacial score (nSPS) is 11.2. The van der Waals surface area contributed by atoms with Crippen LogP contribution in [-0.2, 0) is 11.3 Å². The fourth-order valence-corrected chi connectivity index (χ4v) is 4.44. The maximum absolute atomic E-state index is 13.0. The van der Waals surface area contributed by atoms with E-state index in [0.717, 1.165) is 46.3 Å². The number of thiophene rings is 1. The Morgan fingerprint density at radius 2 is 1.96 bits per heavy atom. The van der Waals surface area contributed by atoms with Gasteiger partial charge in [0.2, 0.25) is 5.91 Å². The molecule has 2 rings (SSSR count). The molecule has 0 fully saturated rings. The molecule has 0 radical (unpaired) electrons. The van der Waals surface area contributed by atoms with Crippen molar-refractivity contribution in [3.8, 4) is 0 Å². The van der Waals surface area contributed by atoms with E-state index in [-0.39, 0.29) is 17.2 Å². The molecule has 0 bridgehead atoms. The Morgan fingerprint density at radius 3 is 2.64 bits per heavy atom. The van der Waals surface area contributed by atoms with Crippen molar-refractivity contribution in [2.45, 2.75) is 65.1 Å². The minimum absolute atomic E-state index is 0.00613. The molecule has 1 N–H and O–H groups in total. The molecule has 0 aliphatic heterocycles. The van der Waals surface area contributed by atoms with E-state index in [2.05, 4.69) is 19.2 Å². The van der Waals surface area contributed by atoms with Crippen LogP contribution in [0.2, 0.25) is 0 Å². The predicted octanol–water partition coefficient (Wildman–Crippen LogP) is 3.88. The number of carbonyl (C=O) groups excluding carboxylic acids is 1. The average molecular weight is 382 g/mol. The quantitative estimate of drug-likeness (QED) is 0.407. The lowest BCUT2D eigenvalue weighted by Gasteiger charge is -2.12. The Morgan fingerprint density at radius 1 is 1.24 bits per heavy atom. The lowest BCUT2D eigenvalue weighted by Crippen LogP contribution is -2.27. The summed E-state index contributed by atoms with van der Waals surface area (Å²) in [7, 11) is 0.